The Balaban J connectivity index is 0. The lowest BCUT2D eigenvalue weighted by atomic mass is 10.1. The first kappa shape index (κ1) is 42.2. The molecule has 1 rings (SSSR count). The molecule has 11 nitrogen and oxygen atoms in total. The van der Waals surface area contributed by atoms with Crippen LogP contribution in [0.2, 0.25) is 0 Å². The Bertz CT molecular complexity index is 1090. The van der Waals surface area contributed by atoms with Gasteiger partial charge in [0.1, 0.15) is 6.04 Å². The van der Waals surface area contributed by atoms with E-state index in [0.717, 1.165) is 0 Å². The number of hydrogen-bond donors (Lipinski definition) is 6. The predicted molar refractivity (Wildman–Crippen MR) is 114 cm³/mol. The maximum Gasteiger partial charge on any atom is 0.460 e. The van der Waals surface area contributed by atoms with E-state index in [-0.39, 0.29) is 5.75 Å². The Morgan fingerprint density at radius 3 is 1.27 bits per heavy atom. The van der Waals surface area contributed by atoms with Crippen LogP contribution in [0.1, 0.15) is 24.2 Å². The topological polar surface area (TPSA) is 196 Å². The number of nitrogens with two attached hydrogens (primary N) is 1. The highest BCUT2D eigenvalue weighted by Gasteiger charge is 2.77. The molecule has 7 N–H and O–H groups in total. The van der Waals surface area contributed by atoms with Crippen LogP contribution in [0, 0.1) is 13.8 Å². The lowest BCUT2D eigenvalue weighted by Crippen LogP contribution is -2.56. The molecule has 0 unspecified atom stereocenters. The fourth-order valence-corrected chi connectivity index (χ4v) is 2.06. The highest BCUT2D eigenvalue weighted by molar-refractivity contribution is 5.77. The number of carbonyl (C=O) groups is 3. The lowest BCUT2D eigenvalue weighted by Gasteiger charge is -2.24. The van der Waals surface area contributed by atoms with Gasteiger partial charge in [-0.05, 0) is 26.7 Å². The minimum Gasteiger partial charge on any atom is -0.504 e. The van der Waals surface area contributed by atoms with Crippen LogP contribution < -0.4 is 11.1 Å². The zero-order valence-corrected chi connectivity index (χ0v) is 21.5. The highest BCUT2D eigenvalue weighted by Crippen LogP contribution is 2.47. The number of halogens is 14. The molecular formula is C19H20F14N4O7. The number of alkyl halides is 14. The molecular weight excluding hydrogens is 662 g/mol. The van der Waals surface area contributed by atoms with Gasteiger partial charge >= 0.3 is 54.0 Å². The van der Waals surface area contributed by atoms with E-state index in [9.17, 15) is 81.0 Å². The molecule has 25 heteroatoms. The van der Waals surface area contributed by atoms with E-state index in [2.05, 4.69) is 15.3 Å². The molecule has 0 aliphatic heterocycles. The second kappa shape index (κ2) is 14.7. The molecule has 1 aromatic rings. The van der Waals surface area contributed by atoms with Gasteiger partial charge in [-0.2, -0.15) is 61.5 Å². The largest absolute Gasteiger partial charge is 0.504 e. The van der Waals surface area contributed by atoms with E-state index < -0.39 is 60.0 Å². The summed E-state index contributed by atoms with van der Waals surface area (Å²) in [4.78, 5) is 37.4. The van der Waals surface area contributed by atoms with E-state index in [1.165, 1.54) is 0 Å². The number of nitrogens with one attached hydrogen (secondary N) is 1. The van der Waals surface area contributed by atoms with Gasteiger partial charge in [-0.3, -0.25) is 4.79 Å². The van der Waals surface area contributed by atoms with Crippen LogP contribution in [-0.4, -0.2) is 96.9 Å². The van der Waals surface area contributed by atoms with Crippen molar-refractivity contribution >= 4 is 23.9 Å². The van der Waals surface area contributed by atoms with Crippen LogP contribution in [-0.2, 0) is 14.4 Å². The Morgan fingerprint density at radius 1 is 0.727 bits per heavy atom. The molecule has 0 fully saturated rings. The quantitative estimate of drug-likeness (QED) is 0.153. The molecule has 0 saturated heterocycles. The van der Waals surface area contributed by atoms with Crippen LogP contribution >= 0.6 is 0 Å². The summed E-state index contributed by atoms with van der Waals surface area (Å²) in [5.41, 5.74) is 6.39. The second-order valence-corrected chi connectivity index (χ2v) is 7.98. The van der Waals surface area contributed by atoms with Gasteiger partial charge in [0.25, 0.3) is 0 Å². The van der Waals surface area contributed by atoms with Gasteiger partial charge in [0.2, 0.25) is 5.95 Å². The summed E-state index contributed by atoms with van der Waals surface area (Å²) in [7, 11) is 0. The fourth-order valence-electron chi connectivity index (χ4n) is 2.06. The first-order chi connectivity index (χ1) is 19.3. The van der Waals surface area contributed by atoms with E-state index in [1.54, 1.807) is 13.8 Å². The number of aromatic hydroxyl groups is 1. The summed E-state index contributed by atoms with van der Waals surface area (Å²) >= 11 is 0. The number of carboxylic acids is 3. The summed E-state index contributed by atoms with van der Waals surface area (Å²) in [6.45, 7) is 3.91. The number of hydrogen-bond acceptors (Lipinski definition) is 8. The van der Waals surface area contributed by atoms with Gasteiger partial charge in [-0.25, -0.2) is 19.6 Å². The molecule has 0 bridgehead atoms. The molecule has 44 heavy (non-hydrogen) atoms. The minimum absolute atomic E-state index is 0.0912. The highest BCUT2D eigenvalue weighted by atomic mass is 19.4. The first-order valence-electron chi connectivity index (χ1n) is 10.7. The molecule has 1 aromatic heterocycles. The lowest BCUT2D eigenvalue weighted by molar-refractivity contribution is -0.347. The molecule has 256 valence electrons. The van der Waals surface area contributed by atoms with Gasteiger partial charge < -0.3 is 31.5 Å². The van der Waals surface area contributed by atoms with E-state index in [4.69, 9.17) is 21.1 Å². The molecule has 0 radical (unpaired) electrons. The van der Waals surface area contributed by atoms with Crippen molar-refractivity contribution in [1.29, 1.82) is 0 Å². The van der Waals surface area contributed by atoms with Crippen LogP contribution in [0.25, 0.3) is 0 Å². The molecule has 0 aromatic carbocycles. The van der Waals surface area contributed by atoms with Gasteiger partial charge in [0.05, 0.1) is 11.4 Å². The van der Waals surface area contributed by atoms with E-state index in [0.29, 0.717) is 36.7 Å². The Labute approximate surface area is 234 Å². The first-order valence-corrected chi connectivity index (χ1v) is 10.7. The molecule has 0 spiro atoms. The van der Waals surface area contributed by atoms with Crippen LogP contribution in [0.5, 0.6) is 5.75 Å². The SMILES string of the molecule is Cc1nc(NCCC[C@H](N)C(=O)O)nc(C)c1O.O=C(O)C(F)(F)C(F)(F)C(F)(F)F.O=C(O)C(F)(F)C(F)(F)C(F)(F)F. The smallest absolute Gasteiger partial charge is 0.460 e. The summed E-state index contributed by atoms with van der Waals surface area (Å²) in [5, 5.41) is 35.9. The minimum atomic E-state index is -6.60. The molecule has 0 aliphatic carbocycles. The number of aliphatic carboxylic acids is 3. The van der Waals surface area contributed by atoms with E-state index >= 15 is 0 Å². The van der Waals surface area contributed by atoms with Gasteiger partial charge in [0.15, 0.2) is 5.75 Å². The molecule has 1 atom stereocenters. The van der Waals surface area contributed by atoms with Crippen LogP contribution in [0.15, 0.2) is 0 Å². The van der Waals surface area contributed by atoms with Crippen molar-refractivity contribution < 1.29 is 96.3 Å². The Kier molecular flexibility index (Phi) is 14.1. The van der Waals surface area contributed by atoms with Gasteiger partial charge in [0, 0.05) is 6.54 Å². The standard InChI is InChI=1S/C11H18N4O3.2C4HF7O2/c1-6-9(16)7(2)15-11(14-6)13-5-3-4-8(12)10(17)18;2*5-2(6,1(12)13)3(7,8)4(9,10)11/h8,16H,3-5,12H2,1-2H3,(H,17,18)(H,13,14,15);2*(H,12,13)/t8-;;/m0../s1. The third kappa shape index (κ3) is 10.4. The number of carboxylic acid groups (broad SMARTS) is 3. The maximum absolute atomic E-state index is 11.8. The Morgan fingerprint density at radius 2 is 1.05 bits per heavy atom. The zero-order chi connectivity index (χ0) is 35.9. The third-order valence-electron chi connectivity index (χ3n) is 4.56. The number of anilines is 1. The van der Waals surface area contributed by atoms with Gasteiger partial charge in [-0.1, -0.05) is 0 Å². The average Bonchev–Trinajstić information content (AvgIpc) is 2.83. The van der Waals surface area contributed by atoms with Crippen molar-refractivity contribution in [3.63, 3.8) is 0 Å². The van der Waals surface area contributed by atoms with Crippen molar-refractivity contribution in [1.82, 2.24) is 9.97 Å². The molecule has 0 saturated carbocycles. The summed E-state index contributed by atoms with van der Waals surface area (Å²) in [6.07, 6.45) is -12.2. The van der Waals surface area contributed by atoms with Crippen LogP contribution in [0.4, 0.5) is 67.4 Å². The average molecular weight is 682 g/mol. The van der Waals surface area contributed by atoms with Crippen molar-refractivity contribution in [2.75, 3.05) is 11.9 Å². The zero-order valence-electron chi connectivity index (χ0n) is 21.5. The molecule has 1 heterocycles. The summed E-state index contributed by atoms with van der Waals surface area (Å²) in [5.74, 6) is -33.0. The normalized spacial score (nSPS) is 13.5. The predicted octanol–water partition coefficient (Wildman–Crippen LogP) is 4.21. The fraction of sp³-hybridized carbons (Fsp3) is 0.632. The Hall–Kier alpha value is -3.93. The summed E-state index contributed by atoms with van der Waals surface area (Å²) < 4.78 is 161. The number of aromatic nitrogens is 2. The van der Waals surface area contributed by atoms with Crippen molar-refractivity contribution in [2.24, 2.45) is 5.73 Å². The number of rotatable bonds is 10. The molecule has 0 aliphatic rings. The monoisotopic (exact) mass is 682 g/mol. The van der Waals surface area contributed by atoms with Crippen molar-refractivity contribution in [3.8, 4) is 5.75 Å². The number of aryl methyl sites for hydroxylation is 2. The maximum atomic E-state index is 11.8. The van der Waals surface area contributed by atoms with Crippen molar-refractivity contribution in [2.45, 2.75) is 68.8 Å². The van der Waals surface area contributed by atoms with Crippen molar-refractivity contribution in [3.05, 3.63) is 11.4 Å². The third-order valence-corrected chi connectivity index (χ3v) is 4.56. The van der Waals surface area contributed by atoms with Crippen LogP contribution in [0.3, 0.4) is 0 Å². The van der Waals surface area contributed by atoms with E-state index in [1.807, 2.05) is 0 Å². The van der Waals surface area contributed by atoms with Gasteiger partial charge in [-0.15, -0.1) is 0 Å². The second-order valence-electron chi connectivity index (χ2n) is 7.98. The summed E-state index contributed by atoms with van der Waals surface area (Å²) in [6, 6.07) is -0.837. The molecule has 0 amide bonds. The number of nitrogens with zero attached hydrogens (tertiary/aromatic N) is 2.